The largest absolute Gasteiger partial charge is 0.432 e. The fourth-order valence-corrected chi connectivity index (χ4v) is 2.91. The predicted molar refractivity (Wildman–Crippen MR) is 82.0 cm³/mol. The molecule has 0 aliphatic heterocycles. The van der Waals surface area contributed by atoms with Crippen molar-refractivity contribution in [3.63, 3.8) is 0 Å². The molecule has 1 aliphatic rings. The van der Waals surface area contributed by atoms with E-state index in [2.05, 4.69) is 39.6 Å². The lowest BCUT2D eigenvalue weighted by molar-refractivity contribution is 0.528. The van der Waals surface area contributed by atoms with Crippen LogP contribution >= 0.6 is 11.3 Å². The molecule has 3 rings (SSSR count). The molecule has 0 radical (unpaired) electrons. The molecule has 1 fully saturated rings. The summed E-state index contributed by atoms with van der Waals surface area (Å²) in [7, 11) is 0. The summed E-state index contributed by atoms with van der Waals surface area (Å²) in [4.78, 5) is 8.29. The number of oxazole rings is 1. The average molecular weight is 291 g/mol. The smallest absolute Gasteiger partial charge is 0.298 e. The van der Waals surface area contributed by atoms with E-state index in [1.54, 1.807) is 17.6 Å². The summed E-state index contributed by atoms with van der Waals surface area (Å²) >= 11 is 1.79. The average Bonchev–Trinajstić information content (AvgIpc) is 2.98. The highest BCUT2D eigenvalue weighted by Crippen LogP contribution is 2.33. The van der Waals surface area contributed by atoms with Crippen LogP contribution in [0.5, 0.6) is 0 Å². The molecule has 2 aromatic heterocycles. The van der Waals surface area contributed by atoms with E-state index >= 15 is 0 Å². The lowest BCUT2D eigenvalue weighted by Crippen LogP contribution is -2.25. The molecule has 0 amide bonds. The Labute approximate surface area is 123 Å². The molecule has 0 bridgehead atoms. The fourth-order valence-electron chi connectivity index (χ4n) is 2.21. The van der Waals surface area contributed by atoms with Crippen molar-refractivity contribution in [1.29, 1.82) is 0 Å². The van der Waals surface area contributed by atoms with Gasteiger partial charge in [-0.2, -0.15) is 4.98 Å². The van der Waals surface area contributed by atoms with Crippen LogP contribution in [-0.2, 0) is 13.1 Å². The molecule has 2 heterocycles. The molecule has 0 saturated heterocycles. The zero-order chi connectivity index (χ0) is 13.8. The van der Waals surface area contributed by atoms with Crippen LogP contribution in [0.4, 0.5) is 6.01 Å². The van der Waals surface area contributed by atoms with Gasteiger partial charge in [0.1, 0.15) is 6.26 Å². The number of aromatic nitrogens is 1. The van der Waals surface area contributed by atoms with Crippen LogP contribution in [-0.4, -0.2) is 17.6 Å². The summed E-state index contributed by atoms with van der Waals surface area (Å²) in [6, 6.07) is 5.65. The molecule has 1 aliphatic carbocycles. The summed E-state index contributed by atoms with van der Waals surface area (Å²) in [5, 5.41) is 5.48. The Kier molecular flexibility index (Phi) is 4.38. The lowest BCUT2D eigenvalue weighted by atomic mass is 10.4. The van der Waals surface area contributed by atoms with E-state index in [1.807, 2.05) is 0 Å². The second-order valence-corrected chi connectivity index (χ2v) is 6.27. The number of nitrogens with one attached hydrogen (secondary N) is 1. The SMILES string of the molecule is CCCNCc1coc(N(Cc2cccs2)C2CC2)n1. The van der Waals surface area contributed by atoms with Gasteiger partial charge in [0.25, 0.3) is 6.01 Å². The van der Waals surface area contributed by atoms with Gasteiger partial charge in [0.2, 0.25) is 0 Å². The monoisotopic (exact) mass is 291 g/mol. The van der Waals surface area contributed by atoms with Crippen LogP contribution in [0, 0.1) is 0 Å². The molecule has 0 atom stereocenters. The van der Waals surface area contributed by atoms with Crippen molar-refractivity contribution in [2.24, 2.45) is 0 Å². The maximum Gasteiger partial charge on any atom is 0.298 e. The highest BCUT2D eigenvalue weighted by Gasteiger charge is 2.32. The zero-order valence-electron chi connectivity index (χ0n) is 11.8. The van der Waals surface area contributed by atoms with Gasteiger partial charge < -0.3 is 14.6 Å². The van der Waals surface area contributed by atoms with Gasteiger partial charge in [-0.3, -0.25) is 0 Å². The second kappa shape index (κ2) is 6.41. The summed E-state index contributed by atoms with van der Waals surface area (Å²) in [6.45, 7) is 4.88. The number of hydrogen-bond donors (Lipinski definition) is 1. The first kappa shape index (κ1) is 13.6. The summed E-state index contributed by atoms with van der Waals surface area (Å²) < 4.78 is 5.69. The van der Waals surface area contributed by atoms with E-state index in [1.165, 1.54) is 17.7 Å². The topological polar surface area (TPSA) is 41.3 Å². The van der Waals surface area contributed by atoms with Crippen molar-refractivity contribution >= 4 is 17.4 Å². The number of rotatable bonds is 8. The van der Waals surface area contributed by atoms with E-state index in [0.717, 1.165) is 37.8 Å². The molecular formula is C15H21N3OS. The lowest BCUT2D eigenvalue weighted by Gasteiger charge is -2.18. The number of nitrogens with zero attached hydrogens (tertiary/aromatic N) is 2. The molecule has 4 nitrogen and oxygen atoms in total. The van der Waals surface area contributed by atoms with Gasteiger partial charge in [-0.05, 0) is 37.3 Å². The zero-order valence-corrected chi connectivity index (χ0v) is 12.7. The van der Waals surface area contributed by atoms with E-state index < -0.39 is 0 Å². The van der Waals surface area contributed by atoms with Gasteiger partial charge in [0, 0.05) is 17.5 Å². The number of hydrogen-bond acceptors (Lipinski definition) is 5. The quantitative estimate of drug-likeness (QED) is 0.757. The molecule has 108 valence electrons. The van der Waals surface area contributed by atoms with Crippen molar-refractivity contribution < 1.29 is 4.42 Å². The van der Waals surface area contributed by atoms with Crippen molar-refractivity contribution in [3.8, 4) is 0 Å². The Hall–Kier alpha value is -1.33. The maximum atomic E-state index is 5.69. The molecular weight excluding hydrogens is 270 g/mol. The minimum absolute atomic E-state index is 0.604. The molecule has 5 heteroatoms. The Morgan fingerprint density at radius 2 is 2.40 bits per heavy atom. The standard InChI is InChI=1S/C15H21N3OS/c1-2-7-16-9-12-11-19-15(17-12)18(13-5-6-13)10-14-4-3-8-20-14/h3-4,8,11,13,16H,2,5-7,9-10H2,1H3. The van der Waals surface area contributed by atoms with Crippen molar-refractivity contribution in [3.05, 3.63) is 34.3 Å². The molecule has 0 spiro atoms. The predicted octanol–water partition coefficient (Wildman–Crippen LogP) is 3.40. The molecule has 20 heavy (non-hydrogen) atoms. The van der Waals surface area contributed by atoms with Crippen molar-refractivity contribution in [2.75, 3.05) is 11.4 Å². The van der Waals surface area contributed by atoms with E-state index in [0.29, 0.717) is 6.04 Å². The summed E-state index contributed by atoms with van der Waals surface area (Å²) in [5.41, 5.74) is 0.991. The van der Waals surface area contributed by atoms with E-state index in [4.69, 9.17) is 4.42 Å². The molecule has 1 N–H and O–H groups in total. The Morgan fingerprint density at radius 1 is 1.50 bits per heavy atom. The van der Waals surface area contributed by atoms with Crippen molar-refractivity contribution in [2.45, 2.75) is 45.3 Å². The van der Waals surface area contributed by atoms with Crippen LogP contribution in [0.1, 0.15) is 36.8 Å². The van der Waals surface area contributed by atoms with Crippen LogP contribution in [0.2, 0.25) is 0 Å². The minimum Gasteiger partial charge on any atom is -0.432 e. The normalized spacial score (nSPS) is 14.7. The third-order valence-electron chi connectivity index (χ3n) is 3.41. The first-order chi connectivity index (χ1) is 9.86. The van der Waals surface area contributed by atoms with Gasteiger partial charge >= 0.3 is 0 Å². The third-order valence-corrected chi connectivity index (χ3v) is 4.27. The Morgan fingerprint density at radius 3 is 3.10 bits per heavy atom. The van der Waals surface area contributed by atoms with Crippen LogP contribution in [0.15, 0.2) is 28.2 Å². The van der Waals surface area contributed by atoms with Gasteiger partial charge in [-0.15, -0.1) is 11.3 Å². The molecule has 1 saturated carbocycles. The highest BCUT2D eigenvalue weighted by molar-refractivity contribution is 7.09. The minimum atomic E-state index is 0.604. The van der Waals surface area contributed by atoms with Gasteiger partial charge in [-0.1, -0.05) is 13.0 Å². The summed E-state index contributed by atoms with van der Waals surface area (Å²) in [5.74, 6) is 0. The maximum absolute atomic E-state index is 5.69. The fraction of sp³-hybridized carbons (Fsp3) is 0.533. The summed E-state index contributed by atoms with van der Waals surface area (Å²) in [6.07, 6.45) is 5.41. The molecule has 0 unspecified atom stereocenters. The van der Waals surface area contributed by atoms with Crippen LogP contribution in [0.3, 0.4) is 0 Å². The first-order valence-corrected chi connectivity index (χ1v) is 8.19. The first-order valence-electron chi connectivity index (χ1n) is 7.31. The second-order valence-electron chi connectivity index (χ2n) is 5.24. The number of thiophene rings is 1. The third kappa shape index (κ3) is 3.41. The van der Waals surface area contributed by atoms with E-state index in [9.17, 15) is 0 Å². The Bertz CT molecular complexity index is 519. The van der Waals surface area contributed by atoms with Gasteiger partial charge in [0.15, 0.2) is 0 Å². The number of anilines is 1. The van der Waals surface area contributed by atoms with Crippen molar-refractivity contribution in [1.82, 2.24) is 10.3 Å². The highest BCUT2D eigenvalue weighted by atomic mass is 32.1. The van der Waals surface area contributed by atoms with Crippen LogP contribution in [0.25, 0.3) is 0 Å². The Balaban J connectivity index is 1.65. The molecule has 2 aromatic rings. The molecule has 0 aromatic carbocycles. The van der Waals surface area contributed by atoms with Gasteiger partial charge in [0.05, 0.1) is 12.2 Å². The van der Waals surface area contributed by atoms with E-state index in [-0.39, 0.29) is 0 Å². The van der Waals surface area contributed by atoms with Gasteiger partial charge in [-0.25, -0.2) is 0 Å². The van der Waals surface area contributed by atoms with Crippen LogP contribution < -0.4 is 10.2 Å².